The van der Waals surface area contributed by atoms with Gasteiger partial charge >= 0.3 is 0 Å². The smallest absolute Gasteiger partial charge is 0.252 e. The van der Waals surface area contributed by atoms with Crippen molar-refractivity contribution in [3.05, 3.63) is 57.9 Å². The highest BCUT2D eigenvalue weighted by molar-refractivity contribution is 5.59. The maximum absolute atomic E-state index is 11.8. The van der Waals surface area contributed by atoms with Crippen LogP contribution in [0.25, 0.3) is 11.3 Å². The summed E-state index contributed by atoms with van der Waals surface area (Å²) in [7, 11) is 0. The van der Waals surface area contributed by atoms with Crippen LogP contribution in [0.2, 0.25) is 0 Å². The van der Waals surface area contributed by atoms with Gasteiger partial charge in [-0.1, -0.05) is 44.2 Å². The molecule has 0 saturated carbocycles. The summed E-state index contributed by atoms with van der Waals surface area (Å²) in [6, 6.07) is 13.7. The third kappa shape index (κ3) is 2.92. The van der Waals surface area contributed by atoms with Crippen LogP contribution >= 0.6 is 0 Å². The summed E-state index contributed by atoms with van der Waals surface area (Å²) in [6.07, 6.45) is 0.141. The predicted molar refractivity (Wildman–Crippen MR) is 75.9 cm³/mol. The second kappa shape index (κ2) is 5.53. The average molecular weight is 252 g/mol. The lowest BCUT2D eigenvalue weighted by atomic mass is 10.0. The molecule has 1 N–H and O–H groups in total. The number of aromatic amines is 1. The van der Waals surface area contributed by atoms with Crippen LogP contribution < -0.4 is 5.56 Å². The maximum atomic E-state index is 11.8. The van der Waals surface area contributed by atoms with Crippen molar-refractivity contribution < 1.29 is 0 Å². The number of H-pyrrole nitrogens is 1. The molecular formula is C16H16N2O. The number of pyridine rings is 1. The van der Waals surface area contributed by atoms with Gasteiger partial charge in [-0.2, -0.15) is 5.26 Å². The highest BCUT2D eigenvalue weighted by Crippen LogP contribution is 2.20. The van der Waals surface area contributed by atoms with E-state index < -0.39 is 0 Å². The molecule has 0 aliphatic carbocycles. The minimum absolute atomic E-state index is 0.141. The zero-order valence-electron chi connectivity index (χ0n) is 11.1. The summed E-state index contributed by atoms with van der Waals surface area (Å²) in [6.45, 7) is 4.29. The van der Waals surface area contributed by atoms with Crippen molar-refractivity contribution in [1.82, 2.24) is 4.98 Å². The number of nitrogens with one attached hydrogen (secondary N) is 1. The summed E-state index contributed by atoms with van der Waals surface area (Å²) in [5.41, 5.74) is 3.34. The molecule has 3 heteroatoms. The Morgan fingerprint density at radius 2 is 1.84 bits per heavy atom. The summed E-state index contributed by atoms with van der Waals surface area (Å²) < 4.78 is 0. The van der Waals surface area contributed by atoms with Crippen LogP contribution in [0, 0.1) is 11.3 Å². The zero-order chi connectivity index (χ0) is 13.8. The van der Waals surface area contributed by atoms with Gasteiger partial charge in [-0.05, 0) is 23.1 Å². The summed E-state index contributed by atoms with van der Waals surface area (Å²) in [5, 5.41) is 8.61. The largest absolute Gasteiger partial charge is 0.322 e. The number of nitrogens with zero attached hydrogens (tertiary/aromatic N) is 1. The Labute approximate surface area is 112 Å². The van der Waals surface area contributed by atoms with Crippen LogP contribution in [0.5, 0.6) is 0 Å². The van der Waals surface area contributed by atoms with E-state index in [4.69, 9.17) is 5.26 Å². The minimum Gasteiger partial charge on any atom is -0.322 e. The molecule has 1 aromatic heterocycles. The van der Waals surface area contributed by atoms with Gasteiger partial charge < -0.3 is 4.98 Å². The van der Waals surface area contributed by atoms with E-state index in [0.29, 0.717) is 11.5 Å². The van der Waals surface area contributed by atoms with Crippen molar-refractivity contribution >= 4 is 0 Å². The molecule has 0 amide bonds. The van der Waals surface area contributed by atoms with E-state index in [1.807, 2.05) is 24.3 Å². The molecule has 0 saturated heterocycles. The highest BCUT2D eigenvalue weighted by atomic mass is 16.1. The molecule has 0 aliphatic rings. The van der Waals surface area contributed by atoms with E-state index in [-0.39, 0.29) is 12.0 Å². The first-order valence-electron chi connectivity index (χ1n) is 6.31. The molecule has 3 nitrogen and oxygen atoms in total. The van der Waals surface area contributed by atoms with Crippen LogP contribution in [-0.4, -0.2) is 4.98 Å². The van der Waals surface area contributed by atoms with E-state index in [1.54, 1.807) is 6.07 Å². The zero-order valence-corrected chi connectivity index (χ0v) is 11.1. The predicted octanol–water partition coefficient (Wildman–Crippen LogP) is 3.23. The maximum Gasteiger partial charge on any atom is 0.252 e. The molecule has 2 aromatic rings. The van der Waals surface area contributed by atoms with Crippen LogP contribution in [0.4, 0.5) is 0 Å². The first-order valence-corrected chi connectivity index (χ1v) is 6.31. The quantitative estimate of drug-likeness (QED) is 0.911. The fraction of sp³-hybridized carbons (Fsp3) is 0.250. The molecule has 96 valence electrons. The fourth-order valence-corrected chi connectivity index (χ4v) is 1.94. The lowest BCUT2D eigenvalue weighted by molar-refractivity contribution is 0.867. The van der Waals surface area contributed by atoms with Crippen LogP contribution in [0.1, 0.15) is 30.9 Å². The Kier molecular flexibility index (Phi) is 3.82. The number of benzene rings is 1. The molecule has 0 unspecified atom stereocenters. The summed E-state index contributed by atoms with van der Waals surface area (Å²) in [5.74, 6) is 0.492. The molecule has 0 bridgehead atoms. The minimum atomic E-state index is -0.188. The summed E-state index contributed by atoms with van der Waals surface area (Å²) >= 11 is 0. The van der Waals surface area contributed by atoms with Gasteiger partial charge in [0.2, 0.25) is 0 Å². The van der Waals surface area contributed by atoms with Crippen molar-refractivity contribution in [2.24, 2.45) is 0 Å². The van der Waals surface area contributed by atoms with Gasteiger partial charge in [0.1, 0.15) is 0 Å². The van der Waals surface area contributed by atoms with Crippen LogP contribution in [0.3, 0.4) is 0 Å². The second-order valence-corrected chi connectivity index (χ2v) is 4.84. The summed E-state index contributed by atoms with van der Waals surface area (Å²) in [4.78, 5) is 14.6. The Morgan fingerprint density at radius 1 is 1.16 bits per heavy atom. The van der Waals surface area contributed by atoms with Gasteiger partial charge in [-0.25, -0.2) is 0 Å². The molecule has 2 rings (SSSR count). The van der Waals surface area contributed by atoms with E-state index in [0.717, 1.165) is 11.3 Å². The van der Waals surface area contributed by atoms with E-state index in [9.17, 15) is 4.79 Å². The Bertz CT molecular complexity index is 660. The van der Waals surface area contributed by atoms with E-state index in [2.05, 4.69) is 31.0 Å². The Hall–Kier alpha value is -2.34. The van der Waals surface area contributed by atoms with Gasteiger partial charge in [0.15, 0.2) is 0 Å². The van der Waals surface area contributed by atoms with Crippen molar-refractivity contribution in [3.63, 3.8) is 0 Å². The van der Waals surface area contributed by atoms with Gasteiger partial charge in [0.05, 0.1) is 12.5 Å². The normalized spacial score (nSPS) is 10.4. The molecule has 0 spiro atoms. The molecule has 0 aliphatic heterocycles. The lowest BCUT2D eigenvalue weighted by Gasteiger charge is -2.07. The fourth-order valence-electron chi connectivity index (χ4n) is 1.94. The molecule has 19 heavy (non-hydrogen) atoms. The number of hydrogen-bond acceptors (Lipinski definition) is 2. The standard InChI is InChI=1S/C16H16N2O/c1-11(2)12-3-5-13(6-4-12)15-8-7-14(9-10-17)16(19)18-15/h3-8,11H,9H2,1-2H3,(H,18,19). The van der Waals surface area contributed by atoms with Crippen LogP contribution in [0.15, 0.2) is 41.2 Å². The molecule has 0 radical (unpaired) electrons. The third-order valence-corrected chi connectivity index (χ3v) is 3.15. The lowest BCUT2D eigenvalue weighted by Crippen LogP contribution is -2.12. The van der Waals surface area contributed by atoms with Gasteiger partial charge in [-0.15, -0.1) is 0 Å². The van der Waals surface area contributed by atoms with E-state index >= 15 is 0 Å². The Balaban J connectivity index is 2.35. The highest BCUT2D eigenvalue weighted by Gasteiger charge is 2.04. The third-order valence-electron chi connectivity index (χ3n) is 3.15. The number of nitriles is 1. The first kappa shape index (κ1) is 13.1. The average Bonchev–Trinajstić information content (AvgIpc) is 2.41. The molecule has 0 atom stereocenters. The monoisotopic (exact) mass is 252 g/mol. The molecule has 1 aromatic carbocycles. The number of aromatic nitrogens is 1. The van der Waals surface area contributed by atoms with Gasteiger partial charge in [-0.3, -0.25) is 4.79 Å². The van der Waals surface area contributed by atoms with Crippen molar-refractivity contribution in [3.8, 4) is 17.3 Å². The Morgan fingerprint density at radius 3 is 2.37 bits per heavy atom. The first-order chi connectivity index (χ1) is 9.11. The van der Waals surface area contributed by atoms with E-state index in [1.165, 1.54) is 5.56 Å². The van der Waals surface area contributed by atoms with Gasteiger partial charge in [0.25, 0.3) is 5.56 Å². The van der Waals surface area contributed by atoms with Crippen molar-refractivity contribution in [1.29, 1.82) is 5.26 Å². The SMILES string of the molecule is CC(C)c1ccc(-c2ccc(CC#N)c(=O)[nH]2)cc1. The molecular weight excluding hydrogens is 236 g/mol. The van der Waals surface area contributed by atoms with Crippen molar-refractivity contribution in [2.75, 3.05) is 0 Å². The number of rotatable bonds is 3. The van der Waals surface area contributed by atoms with Crippen LogP contribution in [-0.2, 0) is 6.42 Å². The van der Waals surface area contributed by atoms with Crippen molar-refractivity contribution in [2.45, 2.75) is 26.2 Å². The molecule has 1 heterocycles. The molecule has 0 fully saturated rings. The number of hydrogen-bond donors (Lipinski definition) is 1. The second-order valence-electron chi connectivity index (χ2n) is 4.84. The topological polar surface area (TPSA) is 56.6 Å². The van der Waals surface area contributed by atoms with Gasteiger partial charge in [0, 0.05) is 11.3 Å².